The molecule has 0 amide bonds. The molecule has 0 aliphatic carbocycles. The molecule has 1 atom stereocenters. The first-order chi connectivity index (χ1) is 8.79. The molecule has 3 heteroatoms. The summed E-state index contributed by atoms with van der Waals surface area (Å²) < 4.78 is 5.73. The van der Waals surface area contributed by atoms with E-state index in [4.69, 9.17) is 10.5 Å². The molecule has 3 rings (SSSR count). The summed E-state index contributed by atoms with van der Waals surface area (Å²) in [7, 11) is 0. The number of fused-ring (bicyclic) bond motifs is 1. The van der Waals surface area contributed by atoms with Crippen LogP contribution >= 0.6 is 11.3 Å². The van der Waals surface area contributed by atoms with E-state index in [0.717, 1.165) is 30.8 Å². The van der Waals surface area contributed by atoms with E-state index >= 15 is 0 Å². The Labute approximate surface area is 111 Å². The molecule has 0 fully saturated rings. The first-order valence-corrected chi connectivity index (χ1v) is 7.20. The molecule has 0 saturated carbocycles. The maximum atomic E-state index is 6.39. The van der Waals surface area contributed by atoms with Gasteiger partial charge in [-0.25, -0.2) is 0 Å². The van der Waals surface area contributed by atoms with Crippen LogP contribution in [0.15, 0.2) is 30.3 Å². The summed E-state index contributed by atoms with van der Waals surface area (Å²) >= 11 is 1.80. The fourth-order valence-electron chi connectivity index (χ4n) is 2.39. The Balaban J connectivity index is 1.97. The smallest absolute Gasteiger partial charge is 0.127 e. The zero-order valence-corrected chi connectivity index (χ0v) is 11.3. The molecule has 0 radical (unpaired) electrons. The second-order valence-corrected chi connectivity index (χ2v) is 5.77. The van der Waals surface area contributed by atoms with E-state index in [9.17, 15) is 0 Å². The average molecular weight is 259 g/mol. The number of hydrogen-bond donors (Lipinski definition) is 1. The highest BCUT2D eigenvalue weighted by molar-refractivity contribution is 7.12. The third-order valence-electron chi connectivity index (χ3n) is 3.42. The Morgan fingerprint density at radius 3 is 3.00 bits per heavy atom. The van der Waals surface area contributed by atoms with Crippen molar-refractivity contribution in [3.8, 4) is 5.75 Å². The summed E-state index contributed by atoms with van der Waals surface area (Å²) in [4.78, 5) is 2.60. The highest BCUT2D eigenvalue weighted by atomic mass is 32.1. The van der Waals surface area contributed by atoms with Crippen LogP contribution in [0.25, 0.3) is 0 Å². The molecule has 2 N–H and O–H groups in total. The molecular formula is C15H17NOS. The number of hydrogen-bond acceptors (Lipinski definition) is 3. The van der Waals surface area contributed by atoms with Crippen LogP contribution in [0.2, 0.25) is 0 Å². The van der Waals surface area contributed by atoms with E-state index < -0.39 is 0 Å². The number of aryl methyl sites for hydroxylation is 1. The van der Waals surface area contributed by atoms with Gasteiger partial charge >= 0.3 is 0 Å². The Morgan fingerprint density at radius 2 is 2.22 bits per heavy atom. The topological polar surface area (TPSA) is 35.2 Å². The predicted molar refractivity (Wildman–Crippen MR) is 75.4 cm³/mol. The Morgan fingerprint density at radius 1 is 1.33 bits per heavy atom. The lowest BCUT2D eigenvalue weighted by Crippen LogP contribution is -2.11. The predicted octanol–water partition coefficient (Wildman–Crippen LogP) is 3.29. The van der Waals surface area contributed by atoms with Crippen molar-refractivity contribution >= 4 is 11.3 Å². The molecule has 2 aromatic rings. The number of thiophene rings is 1. The fourth-order valence-corrected chi connectivity index (χ4v) is 3.36. The van der Waals surface area contributed by atoms with E-state index in [0.29, 0.717) is 0 Å². The molecule has 94 valence electrons. The molecule has 18 heavy (non-hydrogen) atoms. The van der Waals surface area contributed by atoms with Gasteiger partial charge in [-0.15, -0.1) is 11.3 Å². The average Bonchev–Trinajstić information content (AvgIpc) is 3.05. The summed E-state index contributed by atoms with van der Waals surface area (Å²) in [6.45, 7) is 2.95. The lowest BCUT2D eigenvalue weighted by atomic mass is 10.0. The molecule has 1 unspecified atom stereocenters. The van der Waals surface area contributed by atoms with Crippen LogP contribution in [0, 0.1) is 0 Å². The molecule has 0 spiro atoms. The van der Waals surface area contributed by atoms with Gasteiger partial charge in [-0.1, -0.05) is 25.1 Å². The molecular weight excluding hydrogens is 242 g/mol. The highest BCUT2D eigenvalue weighted by Gasteiger charge is 2.21. The number of ether oxygens (including phenoxy) is 1. The zero-order chi connectivity index (χ0) is 12.5. The molecule has 0 bridgehead atoms. The van der Waals surface area contributed by atoms with E-state index in [1.165, 1.54) is 15.3 Å². The van der Waals surface area contributed by atoms with Crippen LogP contribution < -0.4 is 10.5 Å². The van der Waals surface area contributed by atoms with Crippen molar-refractivity contribution in [3.05, 3.63) is 51.2 Å². The minimum atomic E-state index is -0.0663. The minimum absolute atomic E-state index is 0.0663. The number of nitrogens with two attached hydrogens (primary N) is 1. The molecule has 1 aromatic carbocycles. The van der Waals surface area contributed by atoms with Crippen molar-refractivity contribution in [2.75, 3.05) is 6.61 Å². The SMILES string of the molecule is CCc1ccc(C(N)c2cccc3c2OCC3)s1. The molecule has 1 aromatic heterocycles. The van der Waals surface area contributed by atoms with Gasteiger partial charge in [-0.05, 0) is 24.1 Å². The first-order valence-electron chi connectivity index (χ1n) is 6.38. The third kappa shape index (κ3) is 1.93. The molecule has 2 nitrogen and oxygen atoms in total. The van der Waals surface area contributed by atoms with Crippen LogP contribution in [0.3, 0.4) is 0 Å². The van der Waals surface area contributed by atoms with Crippen LogP contribution in [-0.2, 0) is 12.8 Å². The van der Waals surface area contributed by atoms with Gasteiger partial charge in [0.1, 0.15) is 5.75 Å². The Kier molecular flexibility index (Phi) is 3.10. The second kappa shape index (κ2) is 4.75. The number of benzene rings is 1. The summed E-state index contributed by atoms with van der Waals surface area (Å²) in [5.41, 5.74) is 8.79. The van der Waals surface area contributed by atoms with E-state index in [1.807, 2.05) is 0 Å². The van der Waals surface area contributed by atoms with Crippen LogP contribution in [0.5, 0.6) is 5.75 Å². The van der Waals surface area contributed by atoms with Gasteiger partial charge in [0.25, 0.3) is 0 Å². The van der Waals surface area contributed by atoms with Gasteiger partial charge < -0.3 is 10.5 Å². The summed E-state index contributed by atoms with van der Waals surface area (Å²) in [5, 5.41) is 0. The van der Waals surface area contributed by atoms with Crippen LogP contribution in [0.1, 0.15) is 33.8 Å². The molecule has 1 aliphatic rings. The highest BCUT2D eigenvalue weighted by Crippen LogP contribution is 2.36. The third-order valence-corrected chi connectivity index (χ3v) is 4.73. The van der Waals surface area contributed by atoms with Crippen molar-refractivity contribution in [1.29, 1.82) is 0 Å². The molecule has 1 aliphatic heterocycles. The van der Waals surface area contributed by atoms with Gasteiger partial charge in [-0.3, -0.25) is 0 Å². The van der Waals surface area contributed by atoms with Gasteiger partial charge in [0, 0.05) is 21.7 Å². The first kappa shape index (κ1) is 11.8. The van der Waals surface area contributed by atoms with E-state index in [1.54, 1.807) is 11.3 Å². The monoisotopic (exact) mass is 259 g/mol. The number of para-hydroxylation sites is 1. The van der Waals surface area contributed by atoms with Crippen molar-refractivity contribution in [3.63, 3.8) is 0 Å². The second-order valence-electron chi connectivity index (χ2n) is 4.57. The Bertz CT molecular complexity index is 561. The summed E-state index contributed by atoms with van der Waals surface area (Å²) in [6.07, 6.45) is 2.07. The standard InChI is InChI=1S/C15H17NOS/c1-2-11-6-7-13(18-11)14(16)12-5-3-4-10-8-9-17-15(10)12/h3-7,14H,2,8-9,16H2,1H3. The van der Waals surface area contributed by atoms with Crippen LogP contribution in [0.4, 0.5) is 0 Å². The molecule has 0 saturated heterocycles. The van der Waals surface area contributed by atoms with Crippen molar-refractivity contribution < 1.29 is 4.74 Å². The van der Waals surface area contributed by atoms with Gasteiger partial charge in [0.15, 0.2) is 0 Å². The van der Waals surface area contributed by atoms with Crippen molar-refractivity contribution in [2.45, 2.75) is 25.8 Å². The quantitative estimate of drug-likeness (QED) is 0.918. The molecule has 2 heterocycles. The van der Waals surface area contributed by atoms with E-state index in [-0.39, 0.29) is 6.04 Å². The maximum Gasteiger partial charge on any atom is 0.127 e. The normalized spacial score (nSPS) is 15.2. The van der Waals surface area contributed by atoms with Gasteiger partial charge in [-0.2, -0.15) is 0 Å². The minimum Gasteiger partial charge on any atom is -0.493 e. The van der Waals surface area contributed by atoms with Crippen molar-refractivity contribution in [1.82, 2.24) is 0 Å². The van der Waals surface area contributed by atoms with Crippen LogP contribution in [-0.4, -0.2) is 6.61 Å². The lowest BCUT2D eigenvalue weighted by molar-refractivity contribution is 0.352. The van der Waals surface area contributed by atoms with Crippen molar-refractivity contribution in [2.24, 2.45) is 5.73 Å². The Hall–Kier alpha value is -1.32. The summed E-state index contributed by atoms with van der Waals surface area (Å²) in [6, 6.07) is 10.5. The fraction of sp³-hybridized carbons (Fsp3) is 0.333. The number of rotatable bonds is 3. The van der Waals surface area contributed by atoms with E-state index in [2.05, 4.69) is 37.3 Å². The van der Waals surface area contributed by atoms with Gasteiger partial charge in [0.2, 0.25) is 0 Å². The largest absolute Gasteiger partial charge is 0.493 e. The van der Waals surface area contributed by atoms with Gasteiger partial charge in [0.05, 0.1) is 12.6 Å². The summed E-state index contributed by atoms with van der Waals surface area (Å²) in [5.74, 6) is 1.01. The zero-order valence-electron chi connectivity index (χ0n) is 10.5. The lowest BCUT2D eigenvalue weighted by Gasteiger charge is -2.14. The maximum absolute atomic E-state index is 6.39.